The molecule has 1 aromatic carbocycles. The van der Waals surface area contributed by atoms with Crippen molar-refractivity contribution in [1.29, 1.82) is 0 Å². The minimum absolute atomic E-state index is 0.205. The minimum atomic E-state index is -0.937. The minimum Gasteiger partial charge on any atom is -0.478 e. The van der Waals surface area contributed by atoms with Gasteiger partial charge in [0.05, 0.1) is 0 Å². The summed E-state index contributed by atoms with van der Waals surface area (Å²) < 4.78 is 0. The SMILES string of the molecule is C=C(CNC(C)CCc1ccccc1)C(=O)O. The van der Waals surface area contributed by atoms with E-state index in [0.717, 1.165) is 12.8 Å². The highest BCUT2D eigenvalue weighted by Crippen LogP contribution is 2.04. The van der Waals surface area contributed by atoms with Gasteiger partial charge in [0.25, 0.3) is 0 Å². The standard InChI is InChI=1S/C14H19NO2/c1-11(14(16)17)10-15-12(2)8-9-13-6-4-3-5-7-13/h3-7,12,15H,1,8-10H2,2H3,(H,16,17). The van der Waals surface area contributed by atoms with E-state index in [9.17, 15) is 4.79 Å². The van der Waals surface area contributed by atoms with Crippen molar-refractivity contribution in [1.82, 2.24) is 5.32 Å². The third-order valence-corrected chi connectivity index (χ3v) is 2.68. The molecule has 3 nitrogen and oxygen atoms in total. The molecular weight excluding hydrogens is 214 g/mol. The molecule has 0 aliphatic heterocycles. The molecule has 3 heteroatoms. The van der Waals surface area contributed by atoms with Crippen LogP contribution in [-0.2, 0) is 11.2 Å². The van der Waals surface area contributed by atoms with Crippen LogP contribution in [0.1, 0.15) is 18.9 Å². The Morgan fingerprint density at radius 3 is 2.65 bits per heavy atom. The molecule has 0 heterocycles. The van der Waals surface area contributed by atoms with Crippen LogP contribution >= 0.6 is 0 Å². The maximum atomic E-state index is 10.6. The lowest BCUT2D eigenvalue weighted by atomic mass is 10.1. The van der Waals surface area contributed by atoms with E-state index >= 15 is 0 Å². The Kier molecular flexibility index (Phi) is 5.43. The monoisotopic (exact) mass is 233 g/mol. The summed E-state index contributed by atoms with van der Waals surface area (Å²) in [5.74, 6) is -0.937. The van der Waals surface area contributed by atoms with Crippen molar-refractivity contribution in [2.75, 3.05) is 6.54 Å². The van der Waals surface area contributed by atoms with Crippen LogP contribution in [0.4, 0.5) is 0 Å². The molecule has 17 heavy (non-hydrogen) atoms. The van der Waals surface area contributed by atoms with Gasteiger partial charge in [-0.15, -0.1) is 0 Å². The Hall–Kier alpha value is -1.61. The highest BCUT2D eigenvalue weighted by atomic mass is 16.4. The van der Waals surface area contributed by atoms with Crippen molar-refractivity contribution in [3.63, 3.8) is 0 Å². The van der Waals surface area contributed by atoms with Gasteiger partial charge in [0.15, 0.2) is 0 Å². The number of hydrogen-bond donors (Lipinski definition) is 2. The van der Waals surface area contributed by atoms with E-state index in [-0.39, 0.29) is 11.6 Å². The van der Waals surface area contributed by atoms with Gasteiger partial charge in [-0.1, -0.05) is 36.9 Å². The van der Waals surface area contributed by atoms with Crippen molar-refractivity contribution < 1.29 is 9.90 Å². The predicted octanol–water partition coefficient (Wildman–Crippen LogP) is 2.24. The number of aryl methyl sites for hydroxylation is 1. The summed E-state index contributed by atoms with van der Waals surface area (Å²) in [6.45, 7) is 5.87. The summed E-state index contributed by atoms with van der Waals surface area (Å²) in [6.07, 6.45) is 1.98. The second-order valence-corrected chi connectivity index (χ2v) is 4.21. The van der Waals surface area contributed by atoms with Gasteiger partial charge < -0.3 is 10.4 Å². The molecule has 2 N–H and O–H groups in total. The highest BCUT2D eigenvalue weighted by Gasteiger charge is 2.06. The van der Waals surface area contributed by atoms with E-state index in [1.54, 1.807) is 0 Å². The molecule has 0 amide bonds. The molecule has 0 saturated carbocycles. The second kappa shape index (κ2) is 6.86. The van der Waals surface area contributed by atoms with Gasteiger partial charge in [0.2, 0.25) is 0 Å². The van der Waals surface area contributed by atoms with E-state index in [4.69, 9.17) is 5.11 Å². The van der Waals surface area contributed by atoms with E-state index in [1.807, 2.05) is 18.2 Å². The fourth-order valence-corrected chi connectivity index (χ4v) is 1.50. The molecule has 1 unspecified atom stereocenters. The molecule has 0 saturated heterocycles. The number of aliphatic carboxylic acids is 1. The third-order valence-electron chi connectivity index (χ3n) is 2.68. The van der Waals surface area contributed by atoms with Crippen LogP contribution in [0.15, 0.2) is 42.5 Å². The summed E-state index contributed by atoms with van der Waals surface area (Å²) in [5, 5.41) is 11.8. The summed E-state index contributed by atoms with van der Waals surface area (Å²) in [5.41, 5.74) is 1.51. The first-order valence-electron chi connectivity index (χ1n) is 5.78. The largest absolute Gasteiger partial charge is 0.478 e. The van der Waals surface area contributed by atoms with E-state index < -0.39 is 5.97 Å². The molecular formula is C14H19NO2. The molecule has 0 bridgehead atoms. The smallest absolute Gasteiger partial charge is 0.332 e. The Balaban J connectivity index is 2.24. The fourth-order valence-electron chi connectivity index (χ4n) is 1.50. The van der Waals surface area contributed by atoms with E-state index in [1.165, 1.54) is 5.56 Å². The first-order valence-corrected chi connectivity index (χ1v) is 5.78. The Bertz CT molecular complexity index is 373. The second-order valence-electron chi connectivity index (χ2n) is 4.21. The number of nitrogens with one attached hydrogen (secondary N) is 1. The fraction of sp³-hybridized carbons (Fsp3) is 0.357. The van der Waals surface area contributed by atoms with Gasteiger partial charge in [0, 0.05) is 18.2 Å². The molecule has 1 atom stereocenters. The van der Waals surface area contributed by atoms with Crippen molar-refractivity contribution >= 4 is 5.97 Å². The average molecular weight is 233 g/mol. The summed E-state index contributed by atoms with van der Waals surface area (Å²) >= 11 is 0. The van der Waals surface area contributed by atoms with Crippen LogP contribution < -0.4 is 5.32 Å². The lowest BCUT2D eigenvalue weighted by molar-refractivity contribution is -0.132. The van der Waals surface area contributed by atoms with Crippen molar-refractivity contribution in [2.24, 2.45) is 0 Å². The summed E-state index contributed by atoms with van der Waals surface area (Å²) in [7, 11) is 0. The van der Waals surface area contributed by atoms with Crippen molar-refractivity contribution in [2.45, 2.75) is 25.8 Å². The summed E-state index contributed by atoms with van der Waals surface area (Å²) in [4.78, 5) is 10.6. The van der Waals surface area contributed by atoms with Gasteiger partial charge in [-0.3, -0.25) is 0 Å². The molecule has 0 spiro atoms. The number of carboxylic acid groups (broad SMARTS) is 1. The van der Waals surface area contributed by atoms with Gasteiger partial charge in [-0.05, 0) is 25.3 Å². The molecule has 1 rings (SSSR count). The lowest BCUT2D eigenvalue weighted by Crippen LogP contribution is -2.29. The van der Waals surface area contributed by atoms with Crippen LogP contribution in [0.3, 0.4) is 0 Å². The number of rotatable bonds is 7. The first kappa shape index (κ1) is 13.5. The van der Waals surface area contributed by atoms with E-state index in [2.05, 4.69) is 31.0 Å². The maximum Gasteiger partial charge on any atom is 0.332 e. The summed E-state index contributed by atoms with van der Waals surface area (Å²) in [6, 6.07) is 10.5. The number of hydrogen-bond acceptors (Lipinski definition) is 2. The van der Waals surface area contributed by atoms with Crippen LogP contribution in [0.25, 0.3) is 0 Å². The molecule has 0 aliphatic rings. The molecule has 0 radical (unpaired) electrons. The van der Waals surface area contributed by atoms with Gasteiger partial charge >= 0.3 is 5.97 Å². The zero-order chi connectivity index (χ0) is 12.7. The Labute approximate surface area is 102 Å². The predicted molar refractivity (Wildman–Crippen MR) is 69.0 cm³/mol. The quantitative estimate of drug-likeness (QED) is 0.710. The van der Waals surface area contributed by atoms with Crippen LogP contribution in [0.2, 0.25) is 0 Å². The zero-order valence-corrected chi connectivity index (χ0v) is 10.1. The highest BCUT2D eigenvalue weighted by molar-refractivity contribution is 5.86. The lowest BCUT2D eigenvalue weighted by Gasteiger charge is -2.13. The molecule has 92 valence electrons. The number of carbonyl (C=O) groups is 1. The van der Waals surface area contributed by atoms with Gasteiger partial charge in [-0.25, -0.2) is 4.79 Å². The maximum absolute atomic E-state index is 10.6. The molecule has 0 fully saturated rings. The molecule has 0 aromatic heterocycles. The Morgan fingerprint density at radius 2 is 2.06 bits per heavy atom. The van der Waals surface area contributed by atoms with Crippen LogP contribution in [0.5, 0.6) is 0 Å². The molecule has 1 aromatic rings. The zero-order valence-electron chi connectivity index (χ0n) is 10.1. The van der Waals surface area contributed by atoms with Crippen molar-refractivity contribution in [3.05, 3.63) is 48.0 Å². The average Bonchev–Trinajstić information content (AvgIpc) is 2.34. The van der Waals surface area contributed by atoms with Crippen LogP contribution in [0, 0.1) is 0 Å². The first-order chi connectivity index (χ1) is 8.09. The van der Waals surface area contributed by atoms with Crippen LogP contribution in [-0.4, -0.2) is 23.7 Å². The number of benzene rings is 1. The topological polar surface area (TPSA) is 49.3 Å². The number of carboxylic acids is 1. The van der Waals surface area contributed by atoms with E-state index in [0.29, 0.717) is 6.54 Å². The molecule has 0 aliphatic carbocycles. The van der Waals surface area contributed by atoms with Crippen molar-refractivity contribution in [3.8, 4) is 0 Å². The third kappa shape index (κ3) is 5.31. The Morgan fingerprint density at radius 1 is 1.41 bits per heavy atom. The van der Waals surface area contributed by atoms with Gasteiger partial charge in [-0.2, -0.15) is 0 Å². The normalized spacial score (nSPS) is 12.1. The van der Waals surface area contributed by atoms with Gasteiger partial charge in [0.1, 0.15) is 0 Å².